The van der Waals surface area contributed by atoms with Crippen molar-refractivity contribution < 1.29 is 35.9 Å². The van der Waals surface area contributed by atoms with Crippen LogP contribution < -0.4 is 9.64 Å². The monoisotopic (exact) mass is 518 g/mol. The third-order valence-corrected chi connectivity index (χ3v) is 5.66. The van der Waals surface area contributed by atoms with Crippen LogP contribution in [0.25, 0.3) is 5.69 Å². The molecular formula is C22H17ClF6N4O2. The van der Waals surface area contributed by atoms with Gasteiger partial charge >= 0.3 is 12.5 Å². The van der Waals surface area contributed by atoms with E-state index in [1.165, 1.54) is 4.90 Å². The molecule has 1 aliphatic heterocycles. The fourth-order valence-corrected chi connectivity index (χ4v) is 4.05. The number of carbonyl (C=O) groups is 1. The highest BCUT2D eigenvalue weighted by atomic mass is 35.5. The zero-order valence-corrected chi connectivity index (χ0v) is 18.5. The highest BCUT2D eigenvalue weighted by Crippen LogP contribution is 2.35. The lowest BCUT2D eigenvalue weighted by Crippen LogP contribution is -2.49. The quantitative estimate of drug-likeness (QED) is 0.434. The minimum atomic E-state index is -4.96. The average molecular weight is 519 g/mol. The van der Waals surface area contributed by atoms with Gasteiger partial charge < -0.3 is 14.5 Å². The molecule has 6 nitrogen and oxygen atoms in total. The van der Waals surface area contributed by atoms with Crippen LogP contribution in [-0.2, 0) is 6.18 Å². The van der Waals surface area contributed by atoms with Crippen molar-refractivity contribution in [3.05, 3.63) is 71.0 Å². The van der Waals surface area contributed by atoms with E-state index >= 15 is 0 Å². The summed E-state index contributed by atoms with van der Waals surface area (Å²) in [6.07, 6.45) is -9.09. The first-order valence-electron chi connectivity index (χ1n) is 10.2. The van der Waals surface area contributed by atoms with Crippen molar-refractivity contribution in [2.45, 2.75) is 12.5 Å². The maximum Gasteiger partial charge on any atom is 0.573 e. The van der Waals surface area contributed by atoms with Crippen molar-refractivity contribution in [1.82, 2.24) is 14.7 Å². The number of aromatic nitrogens is 2. The van der Waals surface area contributed by atoms with E-state index in [0.29, 0.717) is 22.8 Å². The molecule has 0 N–H and O–H groups in total. The summed E-state index contributed by atoms with van der Waals surface area (Å²) in [5.41, 5.74) is -1.39. The van der Waals surface area contributed by atoms with Crippen LogP contribution in [0.2, 0.25) is 5.02 Å². The largest absolute Gasteiger partial charge is 0.573 e. The summed E-state index contributed by atoms with van der Waals surface area (Å²) in [5.74, 6) is -1.45. The molecule has 186 valence electrons. The number of carbonyl (C=O) groups excluding carboxylic acids is 1. The van der Waals surface area contributed by atoms with Crippen LogP contribution in [-0.4, -0.2) is 53.1 Å². The number of amides is 1. The molecule has 1 aliphatic rings. The number of hydrogen-bond acceptors (Lipinski definition) is 4. The lowest BCUT2D eigenvalue weighted by Gasteiger charge is -2.36. The van der Waals surface area contributed by atoms with Crippen LogP contribution in [0.1, 0.15) is 16.1 Å². The molecule has 4 rings (SSSR count). The molecule has 2 aromatic carbocycles. The summed E-state index contributed by atoms with van der Waals surface area (Å²) in [5, 5.41) is 4.23. The van der Waals surface area contributed by atoms with E-state index < -0.39 is 35.5 Å². The maximum atomic E-state index is 14.0. The van der Waals surface area contributed by atoms with Crippen LogP contribution in [0.15, 0.2) is 54.7 Å². The van der Waals surface area contributed by atoms with E-state index in [0.717, 1.165) is 36.1 Å². The Balaban J connectivity index is 1.56. The highest BCUT2D eigenvalue weighted by molar-refractivity contribution is 6.33. The van der Waals surface area contributed by atoms with Gasteiger partial charge in [-0.25, -0.2) is 4.68 Å². The Labute approximate surface area is 200 Å². The number of rotatable bonds is 4. The molecule has 0 radical (unpaired) electrons. The first-order chi connectivity index (χ1) is 16.4. The molecule has 2 heterocycles. The highest BCUT2D eigenvalue weighted by Gasteiger charge is 2.42. The predicted octanol–water partition coefficient (Wildman–Crippen LogP) is 5.41. The Morgan fingerprint density at radius 1 is 0.914 bits per heavy atom. The molecule has 0 saturated carbocycles. The van der Waals surface area contributed by atoms with Crippen LogP contribution in [0.5, 0.6) is 5.75 Å². The standard InChI is InChI=1S/C22H17ClF6N4O2/c23-17-3-1-2-4-18(17)31-9-11-32(12-10-31)20(34)16-13-30-33(19(16)21(24,25)26)14-5-7-15(8-6-14)35-22(27,28)29/h1-8,13H,9-12H2. The Bertz CT molecular complexity index is 1200. The molecule has 0 unspecified atom stereocenters. The first-order valence-corrected chi connectivity index (χ1v) is 10.6. The molecule has 0 bridgehead atoms. The van der Waals surface area contributed by atoms with Crippen molar-refractivity contribution >= 4 is 23.2 Å². The van der Waals surface area contributed by atoms with Gasteiger partial charge in [-0.15, -0.1) is 13.2 Å². The van der Waals surface area contributed by atoms with Crippen molar-refractivity contribution in [3.8, 4) is 11.4 Å². The lowest BCUT2D eigenvalue weighted by atomic mass is 10.1. The van der Waals surface area contributed by atoms with E-state index in [9.17, 15) is 31.1 Å². The summed E-state index contributed by atoms with van der Waals surface area (Å²) >= 11 is 6.20. The number of nitrogens with zero attached hydrogens (tertiary/aromatic N) is 4. The second-order valence-corrected chi connectivity index (χ2v) is 8.00. The number of alkyl halides is 6. The zero-order valence-electron chi connectivity index (χ0n) is 17.8. The van der Waals surface area contributed by atoms with Crippen molar-refractivity contribution in [2.24, 2.45) is 0 Å². The van der Waals surface area contributed by atoms with Gasteiger partial charge in [-0.1, -0.05) is 23.7 Å². The first kappa shape index (κ1) is 24.7. The van der Waals surface area contributed by atoms with Gasteiger partial charge in [-0.2, -0.15) is 18.3 Å². The second kappa shape index (κ2) is 9.33. The molecule has 1 fully saturated rings. The number of hydrogen-bond donors (Lipinski definition) is 0. The smallest absolute Gasteiger partial charge is 0.406 e. The van der Waals surface area contributed by atoms with Gasteiger partial charge in [-0.3, -0.25) is 4.79 Å². The Hall–Kier alpha value is -3.41. The Morgan fingerprint density at radius 3 is 2.11 bits per heavy atom. The van der Waals surface area contributed by atoms with E-state index in [1.807, 2.05) is 17.0 Å². The number of piperazine rings is 1. The molecular weight excluding hydrogens is 502 g/mol. The van der Waals surface area contributed by atoms with Crippen LogP contribution in [0.3, 0.4) is 0 Å². The summed E-state index contributed by atoms with van der Waals surface area (Å²) in [6, 6.07) is 10.8. The molecule has 0 spiro atoms. The molecule has 0 aliphatic carbocycles. The van der Waals surface area contributed by atoms with Gasteiger partial charge in [0.2, 0.25) is 0 Å². The van der Waals surface area contributed by atoms with Gasteiger partial charge in [-0.05, 0) is 36.4 Å². The topological polar surface area (TPSA) is 50.6 Å². The maximum absolute atomic E-state index is 14.0. The fraction of sp³-hybridized carbons (Fsp3) is 0.273. The summed E-state index contributed by atoms with van der Waals surface area (Å²) in [6.45, 7) is 1.06. The molecule has 1 aromatic heterocycles. The minimum absolute atomic E-state index is 0.163. The van der Waals surface area contributed by atoms with Crippen LogP contribution >= 0.6 is 11.6 Å². The average Bonchev–Trinajstić information content (AvgIpc) is 3.24. The predicted molar refractivity (Wildman–Crippen MR) is 115 cm³/mol. The van der Waals surface area contributed by atoms with Gasteiger partial charge in [0.05, 0.1) is 28.2 Å². The number of ether oxygens (including phenoxy) is 1. The second-order valence-electron chi connectivity index (χ2n) is 7.59. The molecule has 35 heavy (non-hydrogen) atoms. The summed E-state index contributed by atoms with van der Waals surface area (Å²) in [7, 11) is 0. The Kier molecular flexibility index (Phi) is 6.58. The summed E-state index contributed by atoms with van der Waals surface area (Å²) < 4.78 is 83.1. The fourth-order valence-electron chi connectivity index (χ4n) is 3.79. The van der Waals surface area contributed by atoms with E-state index in [1.54, 1.807) is 12.1 Å². The normalized spacial score (nSPS) is 14.8. The van der Waals surface area contributed by atoms with Crippen molar-refractivity contribution in [3.63, 3.8) is 0 Å². The number of anilines is 1. The van der Waals surface area contributed by atoms with E-state index in [2.05, 4.69) is 9.84 Å². The number of halogens is 7. The van der Waals surface area contributed by atoms with E-state index in [-0.39, 0.29) is 18.8 Å². The molecule has 1 amide bonds. The molecule has 1 saturated heterocycles. The number of para-hydroxylation sites is 1. The molecule has 13 heteroatoms. The van der Waals surface area contributed by atoms with Gasteiger partial charge in [0.25, 0.3) is 5.91 Å². The van der Waals surface area contributed by atoms with Crippen LogP contribution in [0, 0.1) is 0 Å². The van der Waals surface area contributed by atoms with Crippen molar-refractivity contribution in [2.75, 3.05) is 31.1 Å². The third-order valence-electron chi connectivity index (χ3n) is 5.34. The third kappa shape index (κ3) is 5.47. The minimum Gasteiger partial charge on any atom is -0.406 e. The summed E-state index contributed by atoms with van der Waals surface area (Å²) in [4.78, 5) is 16.2. The molecule has 0 atom stereocenters. The van der Waals surface area contributed by atoms with Gasteiger partial charge in [0.15, 0.2) is 5.69 Å². The molecule has 3 aromatic rings. The van der Waals surface area contributed by atoms with E-state index in [4.69, 9.17) is 11.6 Å². The van der Waals surface area contributed by atoms with Gasteiger partial charge in [0.1, 0.15) is 5.75 Å². The number of benzene rings is 2. The SMILES string of the molecule is O=C(c1cnn(-c2ccc(OC(F)(F)F)cc2)c1C(F)(F)F)N1CCN(c2ccccc2Cl)CC1. The lowest BCUT2D eigenvalue weighted by molar-refractivity contribution is -0.274. The van der Waals surface area contributed by atoms with Crippen molar-refractivity contribution in [1.29, 1.82) is 0 Å². The zero-order chi connectivity index (χ0) is 25.4. The van der Waals surface area contributed by atoms with Crippen LogP contribution in [0.4, 0.5) is 32.0 Å². The Morgan fingerprint density at radius 2 is 1.54 bits per heavy atom. The van der Waals surface area contributed by atoms with Gasteiger partial charge in [0, 0.05) is 26.2 Å².